The Morgan fingerprint density at radius 3 is 2.40 bits per heavy atom. The fourth-order valence-electron chi connectivity index (χ4n) is 1.11. The summed E-state index contributed by atoms with van der Waals surface area (Å²) in [4.78, 5) is 0. The highest BCUT2D eigenvalue weighted by atomic mass is 16.5. The average molecular weight is 135 g/mol. The first kappa shape index (κ1) is 5.71. The lowest BCUT2D eigenvalue weighted by atomic mass is 10.2. The predicted molar refractivity (Wildman–Crippen MR) is 37.4 cm³/mol. The maximum absolute atomic E-state index is 10.6. The van der Waals surface area contributed by atoms with Crippen molar-refractivity contribution in [2.45, 2.75) is 18.8 Å². The van der Waals surface area contributed by atoms with E-state index in [2.05, 4.69) is 0 Å². The lowest BCUT2D eigenvalue weighted by molar-refractivity contribution is -0.605. The smallest absolute Gasteiger partial charge is 0.180 e. The highest BCUT2D eigenvalue weighted by Gasteiger charge is 2.23. The van der Waals surface area contributed by atoms with Crippen LogP contribution in [0, 0.1) is 5.21 Å². The van der Waals surface area contributed by atoms with Gasteiger partial charge in [0.2, 0.25) is 0 Å². The van der Waals surface area contributed by atoms with Gasteiger partial charge in [-0.15, -0.1) is 0 Å². The maximum Gasteiger partial charge on any atom is 0.180 e. The van der Waals surface area contributed by atoms with Gasteiger partial charge in [-0.1, -0.05) is 0 Å². The largest absolute Gasteiger partial charge is 0.619 e. The van der Waals surface area contributed by atoms with Crippen molar-refractivity contribution in [3.63, 3.8) is 0 Å². The van der Waals surface area contributed by atoms with E-state index in [0.29, 0.717) is 0 Å². The summed E-state index contributed by atoms with van der Waals surface area (Å²) in [7, 11) is 0. The van der Waals surface area contributed by atoms with E-state index in [0.717, 1.165) is 10.6 Å². The van der Waals surface area contributed by atoms with Crippen molar-refractivity contribution in [1.29, 1.82) is 0 Å². The molecular weight excluding hydrogens is 126 g/mol. The van der Waals surface area contributed by atoms with Crippen LogP contribution in [0.15, 0.2) is 24.5 Å². The molecule has 0 radical (unpaired) electrons. The predicted octanol–water partition coefficient (Wildman–Crippen LogP) is 1.20. The van der Waals surface area contributed by atoms with Gasteiger partial charge in [-0.05, 0) is 24.3 Å². The molecule has 1 aromatic heterocycles. The van der Waals surface area contributed by atoms with Crippen LogP contribution < -0.4 is 4.73 Å². The van der Waals surface area contributed by atoms with Crippen molar-refractivity contribution in [2.24, 2.45) is 0 Å². The Hall–Kier alpha value is -1.05. The highest BCUT2D eigenvalue weighted by molar-refractivity contribution is 5.18. The van der Waals surface area contributed by atoms with Crippen LogP contribution in [0.25, 0.3) is 0 Å². The standard InChI is InChI=1S/C8H9NO/c10-9-5-3-8(4-6-9)7-1-2-7/h3-7H,1-2H2. The van der Waals surface area contributed by atoms with E-state index in [4.69, 9.17) is 0 Å². The van der Waals surface area contributed by atoms with Crippen LogP contribution in [0.4, 0.5) is 0 Å². The molecule has 1 aliphatic rings. The number of aromatic nitrogens is 1. The van der Waals surface area contributed by atoms with Crippen molar-refractivity contribution in [3.8, 4) is 0 Å². The molecular formula is C8H9NO. The van der Waals surface area contributed by atoms with E-state index in [1.165, 1.54) is 18.4 Å². The van der Waals surface area contributed by atoms with Gasteiger partial charge < -0.3 is 5.21 Å². The van der Waals surface area contributed by atoms with Crippen LogP contribution in [-0.4, -0.2) is 0 Å². The van der Waals surface area contributed by atoms with Crippen molar-refractivity contribution >= 4 is 0 Å². The lowest BCUT2D eigenvalue weighted by Gasteiger charge is -1.96. The van der Waals surface area contributed by atoms with E-state index in [1.807, 2.05) is 12.1 Å². The molecule has 0 aliphatic heterocycles. The quantitative estimate of drug-likeness (QED) is 0.420. The van der Waals surface area contributed by atoms with Crippen LogP contribution in [-0.2, 0) is 0 Å². The molecule has 1 fully saturated rings. The maximum atomic E-state index is 10.6. The molecule has 2 nitrogen and oxygen atoms in total. The van der Waals surface area contributed by atoms with Crippen molar-refractivity contribution < 1.29 is 4.73 Å². The van der Waals surface area contributed by atoms with E-state index in [1.54, 1.807) is 12.4 Å². The molecule has 1 saturated carbocycles. The Morgan fingerprint density at radius 1 is 1.30 bits per heavy atom. The Labute approximate surface area is 59.7 Å². The van der Waals surface area contributed by atoms with E-state index >= 15 is 0 Å². The zero-order valence-corrected chi connectivity index (χ0v) is 5.66. The minimum absolute atomic E-state index is 0.751. The number of nitrogens with zero attached hydrogens (tertiary/aromatic N) is 1. The molecule has 10 heavy (non-hydrogen) atoms. The van der Waals surface area contributed by atoms with Crippen LogP contribution >= 0.6 is 0 Å². The van der Waals surface area contributed by atoms with Gasteiger partial charge in [-0.3, -0.25) is 0 Å². The molecule has 0 aromatic carbocycles. The summed E-state index contributed by atoms with van der Waals surface area (Å²) in [5, 5.41) is 10.6. The summed E-state index contributed by atoms with van der Waals surface area (Å²) in [5.74, 6) is 0.751. The first-order valence-electron chi connectivity index (χ1n) is 3.55. The monoisotopic (exact) mass is 135 g/mol. The van der Waals surface area contributed by atoms with E-state index in [-0.39, 0.29) is 0 Å². The van der Waals surface area contributed by atoms with Gasteiger partial charge in [-0.2, -0.15) is 4.73 Å². The summed E-state index contributed by atoms with van der Waals surface area (Å²) in [6.07, 6.45) is 5.72. The lowest BCUT2D eigenvalue weighted by Crippen LogP contribution is -2.23. The second-order valence-electron chi connectivity index (χ2n) is 2.77. The summed E-state index contributed by atoms with van der Waals surface area (Å²) in [6.45, 7) is 0. The minimum atomic E-state index is 0.751. The molecule has 0 unspecified atom stereocenters. The third kappa shape index (κ3) is 0.967. The molecule has 2 heteroatoms. The van der Waals surface area contributed by atoms with Crippen molar-refractivity contribution in [3.05, 3.63) is 35.3 Å². The van der Waals surface area contributed by atoms with E-state index in [9.17, 15) is 5.21 Å². The SMILES string of the molecule is [O-][n+]1ccc(C2CC2)cc1. The third-order valence-electron chi connectivity index (χ3n) is 1.88. The topological polar surface area (TPSA) is 26.9 Å². The van der Waals surface area contributed by atoms with Gasteiger partial charge in [0.05, 0.1) is 0 Å². The fraction of sp³-hybridized carbons (Fsp3) is 0.375. The first-order valence-corrected chi connectivity index (χ1v) is 3.55. The molecule has 0 bridgehead atoms. The molecule has 0 spiro atoms. The summed E-state index contributed by atoms with van der Waals surface area (Å²) in [6, 6.07) is 3.81. The van der Waals surface area contributed by atoms with Crippen LogP contribution in [0.2, 0.25) is 0 Å². The fourth-order valence-corrected chi connectivity index (χ4v) is 1.11. The Kier molecular flexibility index (Phi) is 1.13. The molecule has 52 valence electrons. The molecule has 0 N–H and O–H groups in total. The van der Waals surface area contributed by atoms with Gasteiger partial charge in [-0.25, -0.2) is 0 Å². The van der Waals surface area contributed by atoms with Gasteiger partial charge >= 0.3 is 0 Å². The molecule has 2 rings (SSSR count). The number of pyridine rings is 1. The number of hydrogen-bond acceptors (Lipinski definition) is 1. The zero-order valence-electron chi connectivity index (χ0n) is 5.66. The zero-order chi connectivity index (χ0) is 6.97. The second kappa shape index (κ2) is 1.97. The summed E-state index contributed by atoms with van der Waals surface area (Å²) < 4.78 is 0.825. The highest BCUT2D eigenvalue weighted by Crippen LogP contribution is 2.39. The number of hydrogen-bond donors (Lipinski definition) is 0. The van der Waals surface area contributed by atoms with Crippen molar-refractivity contribution in [1.82, 2.24) is 0 Å². The average Bonchev–Trinajstić information content (AvgIpc) is 2.71. The minimum Gasteiger partial charge on any atom is -0.619 e. The van der Waals surface area contributed by atoms with Crippen LogP contribution in [0.3, 0.4) is 0 Å². The third-order valence-corrected chi connectivity index (χ3v) is 1.88. The number of rotatable bonds is 1. The Balaban J connectivity index is 2.28. The van der Waals surface area contributed by atoms with Gasteiger partial charge in [0.15, 0.2) is 12.4 Å². The normalized spacial score (nSPS) is 17.2. The Morgan fingerprint density at radius 2 is 1.90 bits per heavy atom. The van der Waals surface area contributed by atoms with Gasteiger partial charge in [0.1, 0.15) is 0 Å². The van der Waals surface area contributed by atoms with Crippen molar-refractivity contribution in [2.75, 3.05) is 0 Å². The molecule has 1 heterocycles. The summed E-state index contributed by atoms with van der Waals surface area (Å²) >= 11 is 0. The van der Waals surface area contributed by atoms with Gasteiger partial charge in [0, 0.05) is 12.1 Å². The first-order chi connectivity index (χ1) is 4.86. The summed E-state index contributed by atoms with van der Waals surface area (Å²) in [5.41, 5.74) is 1.31. The molecule has 1 aromatic rings. The molecule has 0 amide bonds. The molecule has 0 atom stereocenters. The van der Waals surface area contributed by atoms with Crippen LogP contribution in [0.1, 0.15) is 24.3 Å². The van der Waals surface area contributed by atoms with E-state index < -0.39 is 0 Å². The molecule has 0 saturated heterocycles. The second-order valence-corrected chi connectivity index (χ2v) is 2.77. The molecule has 1 aliphatic carbocycles. The Bertz CT molecular complexity index is 226. The van der Waals surface area contributed by atoms with Crippen LogP contribution in [0.5, 0.6) is 0 Å². The van der Waals surface area contributed by atoms with Gasteiger partial charge in [0.25, 0.3) is 0 Å².